The third-order valence-corrected chi connectivity index (χ3v) is 5.09. The number of piperidine rings is 1. The summed E-state index contributed by atoms with van der Waals surface area (Å²) in [6.45, 7) is 4.54. The van der Waals surface area contributed by atoms with Crippen LogP contribution < -0.4 is 4.90 Å². The highest BCUT2D eigenvalue weighted by molar-refractivity contribution is 6.03. The van der Waals surface area contributed by atoms with Crippen LogP contribution in [0, 0.1) is 5.41 Å². The van der Waals surface area contributed by atoms with Gasteiger partial charge in [-0.25, -0.2) is 9.97 Å². The van der Waals surface area contributed by atoms with E-state index in [0.29, 0.717) is 12.1 Å². The van der Waals surface area contributed by atoms with Crippen LogP contribution in [0.5, 0.6) is 0 Å². The Morgan fingerprint density at radius 3 is 2.86 bits per heavy atom. The minimum Gasteiger partial charge on any atom is -0.377 e. The SMILES string of the molecule is O=C1N(c2ncccn2)C[C@]12CCCN(C[C@@H]1CCCO1)C2. The van der Waals surface area contributed by atoms with Gasteiger partial charge in [-0.15, -0.1) is 0 Å². The second kappa shape index (κ2) is 5.59. The Morgan fingerprint density at radius 2 is 2.14 bits per heavy atom. The first-order chi connectivity index (χ1) is 10.8. The van der Waals surface area contributed by atoms with E-state index in [4.69, 9.17) is 4.74 Å². The molecule has 6 heteroatoms. The Balaban J connectivity index is 1.41. The summed E-state index contributed by atoms with van der Waals surface area (Å²) in [4.78, 5) is 25.2. The highest BCUT2D eigenvalue weighted by atomic mass is 16.5. The summed E-state index contributed by atoms with van der Waals surface area (Å²) < 4.78 is 5.74. The second-order valence-electron chi connectivity index (χ2n) is 6.69. The second-order valence-corrected chi connectivity index (χ2v) is 6.69. The maximum Gasteiger partial charge on any atom is 0.238 e. The van der Waals surface area contributed by atoms with Gasteiger partial charge in [-0.2, -0.15) is 0 Å². The molecule has 3 fully saturated rings. The first-order valence-electron chi connectivity index (χ1n) is 8.20. The molecule has 0 unspecified atom stereocenters. The fourth-order valence-corrected chi connectivity index (χ4v) is 3.99. The molecule has 2 atom stereocenters. The predicted octanol–water partition coefficient (Wildman–Crippen LogP) is 1.08. The molecule has 1 spiro atoms. The zero-order valence-corrected chi connectivity index (χ0v) is 12.8. The third-order valence-electron chi connectivity index (χ3n) is 5.09. The van der Waals surface area contributed by atoms with Crippen molar-refractivity contribution in [3.63, 3.8) is 0 Å². The van der Waals surface area contributed by atoms with Crippen molar-refractivity contribution in [2.24, 2.45) is 5.41 Å². The van der Waals surface area contributed by atoms with Crippen molar-refractivity contribution in [3.05, 3.63) is 18.5 Å². The molecule has 3 aliphatic heterocycles. The first-order valence-corrected chi connectivity index (χ1v) is 8.20. The van der Waals surface area contributed by atoms with Gasteiger partial charge in [0.1, 0.15) is 0 Å². The fourth-order valence-electron chi connectivity index (χ4n) is 3.99. The molecule has 0 aromatic carbocycles. The Kier molecular flexibility index (Phi) is 3.58. The number of hydrogen-bond donors (Lipinski definition) is 0. The molecule has 1 amide bonds. The van der Waals surface area contributed by atoms with Crippen LogP contribution in [0.15, 0.2) is 18.5 Å². The van der Waals surface area contributed by atoms with E-state index in [-0.39, 0.29) is 11.3 Å². The third kappa shape index (κ3) is 2.40. The van der Waals surface area contributed by atoms with Gasteiger partial charge in [0.05, 0.1) is 11.5 Å². The number of ether oxygens (including phenoxy) is 1. The number of nitrogens with zero attached hydrogens (tertiary/aromatic N) is 4. The smallest absolute Gasteiger partial charge is 0.238 e. The molecule has 0 aliphatic carbocycles. The van der Waals surface area contributed by atoms with E-state index in [1.807, 2.05) is 0 Å². The van der Waals surface area contributed by atoms with Crippen LogP contribution >= 0.6 is 0 Å². The van der Waals surface area contributed by atoms with Crippen molar-refractivity contribution >= 4 is 11.9 Å². The predicted molar refractivity (Wildman–Crippen MR) is 81.5 cm³/mol. The number of rotatable bonds is 3. The van der Waals surface area contributed by atoms with Gasteiger partial charge < -0.3 is 4.74 Å². The normalized spacial score (nSPS) is 32.5. The van der Waals surface area contributed by atoms with Crippen LogP contribution in [-0.4, -0.2) is 59.7 Å². The number of anilines is 1. The molecule has 0 bridgehead atoms. The molecule has 1 aromatic heterocycles. The van der Waals surface area contributed by atoms with E-state index in [1.54, 1.807) is 23.4 Å². The van der Waals surface area contributed by atoms with Crippen molar-refractivity contribution < 1.29 is 9.53 Å². The van der Waals surface area contributed by atoms with Gasteiger partial charge in [-0.3, -0.25) is 14.6 Å². The summed E-state index contributed by atoms with van der Waals surface area (Å²) in [6, 6.07) is 1.77. The lowest BCUT2D eigenvalue weighted by molar-refractivity contribution is -0.140. The van der Waals surface area contributed by atoms with Crippen LogP contribution in [0.3, 0.4) is 0 Å². The number of carbonyl (C=O) groups is 1. The molecule has 6 nitrogen and oxygen atoms in total. The topological polar surface area (TPSA) is 58.6 Å². The number of likely N-dealkylation sites (tertiary alicyclic amines) is 1. The standard InChI is InChI=1S/C16H22N4O2/c21-14-16(12-20(14)15-17-6-3-7-18-15)5-2-8-19(11-16)10-13-4-1-9-22-13/h3,6-7,13H,1-2,4-5,8-12H2/t13-,16+/m0/s1. The summed E-state index contributed by atoms with van der Waals surface area (Å²) in [5.41, 5.74) is -0.212. The van der Waals surface area contributed by atoms with Crippen LogP contribution in [-0.2, 0) is 9.53 Å². The molecule has 22 heavy (non-hydrogen) atoms. The maximum absolute atomic E-state index is 12.7. The molecule has 4 rings (SSSR count). The molecule has 3 saturated heterocycles. The van der Waals surface area contributed by atoms with Gasteiger partial charge >= 0.3 is 0 Å². The summed E-state index contributed by atoms with van der Waals surface area (Å²) >= 11 is 0. The lowest BCUT2D eigenvalue weighted by Crippen LogP contribution is -2.68. The maximum atomic E-state index is 12.7. The van der Waals surface area contributed by atoms with Crippen LogP contribution in [0.1, 0.15) is 25.7 Å². The van der Waals surface area contributed by atoms with Crippen molar-refractivity contribution in [2.45, 2.75) is 31.8 Å². The minimum atomic E-state index is -0.212. The summed E-state index contributed by atoms with van der Waals surface area (Å²) in [7, 11) is 0. The van der Waals surface area contributed by atoms with Crippen molar-refractivity contribution in [2.75, 3.05) is 37.7 Å². The fraction of sp³-hybridized carbons (Fsp3) is 0.688. The van der Waals surface area contributed by atoms with E-state index in [0.717, 1.165) is 52.0 Å². The largest absolute Gasteiger partial charge is 0.377 e. The first kappa shape index (κ1) is 14.1. The number of β-lactam (4-membered cyclic amide) rings is 1. The molecule has 4 heterocycles. The number of aromatic nitrogens is 2. The van der Waals surface area contributed by atoms with E-state index < -0.39 is 0 Å². The van der Waals surface area contributed by atoms with E-state index in [9.17, 15) is 4.79 Å². The molecule has 0 N–H and O–H groups in total. The molecule has 118 valence electrons. The zero-order chi connectivity index (χ0) is 15.0. The van der Waals surface area contributed by atoms with Gasteiger partial charge in [0.2, 0.25) is 11.9 Å². The van der Waals surface area contributed by atoms with E-state index in [1.165, 1.54) is 6.42 Å². The van der Waals surface area contributed by atoms with Gasteiger partial charge in [-0.05, 0) is 38.3 Å². The molecule has 0 radical (unpaired) electrons. The van der Waals surface area contributed by atoms with Crippen molar-refractivity contribution in [1.29, 1.82) is 0 Å². The van der Waals surface area contributed by atoms with Gasteiger partial charge in [0.15, 0.2) is 0 Å². The molecular formula is C16H22N4O2. The quantitative estimate of drug-likeness (QED) is 0.782. The van der Waals surface area contributed by atoms with E-state index in [2.05, 4.69) is 14.9 Å². The van der Waals surface area contributed by atoms with Gasteiger partial charge in [0, 0.05) is 38.6 Å². The van der Waals surface area contributed by atoms with Crippen LogP contribution in [0.4, 0.5) is 5.95 Å². The van der Waals surface area contributed by atoms with Crippen molar-refractivity contribution in [1.82, 2.24) is 14.9 Å². The monoisotopic (exact) mass is 302 g/mol. The average molecular weight is 302 g/mol. The summed E-state index contributed by atoms with van der Waals surface area (Å²) in [5.74, 6) is 0.727. The van der Waals surface area contributed by atoms with Gasteiger partial charge in [0.25, 0.3) is 0 Å². The average Bonchev–Trinajstić information content (AvgIpc) is 3.06. The Hall–Kier alpha value is -1.53. The van der Waals surface area contributed by atoms with Gasteiger partial charge in [-0.1, -0.05) is 0 Å². The molecule has 3 aliphatic rings. The van der Waals surface area contributed by atoms with E-state index >= 15 is 0 Å². The lowest BCUT2D eigenvalue weighted by atomic mass is 9.72. The minimum absolute atomic E-state index is 0.191. The highest BCUT2D eigenvalue weighted by Gasteiger charge is 2.55. The highest BCUT2D eigenvalue weighted by Crippen LogP contribution is 2.41. The molecule has 1 aromatic rings. The molecular weight excluding hydrogens is 280 g/mol. The van der Waals surface area contributed by atoms with Crippen LogP contribution in [0.25, 0.3) is 0 Å². The Labute approximate surface area is 130 Å². The number of hydrogen-bond acceptors (Lipinski definition) is 5. The Morgan fingerprint density at radius 1 is 1.27 bits per heavy atom. The number of carbonyl (C=O) groups excluding carboxylic acids is 1. The molecule has 0 saturated carbocycles. The zero-order valence-electron chi connectivity index (χ0n) is 12.8. The Bertz CT molecular complexity index is 546. The lowest BCUT2D eigenvalue weighted by Gasteiger charge is -2.52. The van der Waals surface area contributed by atoms with Crippen LogP contribution in [0.2, 0.25) is 0 Å². The summed E-state index contributed by atoms with van der Waals surface area (Å²) in [5, 5.41) is 0. The summed E-state index contributed by atoms with van der Waals surface area (Å²) in [6.07, 6.45) is 8.12. The van der Waals surface area contributed by atoms with Crippen molar-refractivity contribution in [3.8, 4) is 0 Å². The number of amides is 1.